The van der Waals surface area contributed by atoms with Crippen LogP contribution in [0.15, 0.2) is 34.2 Å². The van der Waals surface area contributed by atoms with E-state index in [2.05, 4.69) is 0 Å². The second-order valence-electron chi connectivity index (χ2n) is 3.86. The molecular weight excluding hydrogens is 232 g/mol. The van der Waals surface area contributed by atoms with E-state index in [9.17, 15) is 4.79 Å². The van der Waals surface area contributed by atoms with Gasteiger partial charge < -0.3 is 11.5 Å². The van der Waals surface area contributed by atoms with E-state index in [0.717, 1.165) is 27.5 Å². The Hall–Kier alpha value is -1.42. The van der Waals surface area contributed by atoms with Gasteiger partial charge in [0.25, 0.3) is 0 Å². The van der Waals surface area contributed by atoms with Crippen LogP contribution in [0.3, 0.4) is 0 Å². The lowest BCUT2D eigenvalue weighted by Gasteiger charge is -2.08. The molecule has 0 radical (unpaired) electrons. The quantitative estimate of drug-likeness (QED) is 0.788. The molecule has 0 atom stereocenters. The minimum atomic E-state index is -0.318. The molecule has 0 unspecified atom stereocenters. The normalized spacial score (nSPS) is 11.5. The molecule has 17 heavy (non-hydrogen) atoms. The number of amides is 1. The number of primary amides is 1. The summed E-state index contributed by atoms with van der Waals surface area (Å²) in [6.45, 7) is 4.07. The van der Waals surface area contributed by atoms with Crippen LogP contribution in [0.4, 0.5) is 0 Å². The monoisotopic (exact) mass is 250 g/mol. The van der Waals surface area contributed by atoms with Crippen LogP contribution in [-0.2, 0) is 11.2 Å². The Morgan fingerprint density at radius 3 is 2.71 bits per heavy atom. The van der Waals surface area contributed by atoms with Gasteiger partial charge in [-0.25, -0.2) is 0 Å². The molecule has 0 spiro atoms. The average Bonchev–Trinajstić information content (AvgIpc) is 2.22. The fraction of sp³-hybridized carbons (Fsp3) is 0.308. The van der Waals surface area contributed by atoms with Crippen molar-refractivity contribution in [3.05, 3.63) is 40.4 Å². The van der Waals surface area contributed by atoms with Crippen LogP contribution in [0.1, 0.15) is 24.5 Å². The Morgan fingerprint density at radius 1 is 1.41 bits per heavy atom. The molecule has 0 aliphatic heterocycles. The molecule has 1 amide bonds. The second-order valence-corrected chi connectivity index (χ2v) is 4.98. The van der Waals surface area contributed by atoms with Gasteiger partial charge in [-0.3, -0.25) is 4.79 Å². The molecular formula is C13H18N2OS. The molecule has 0 aromatic heterocycles. The Balaban J connectivity index is 2.90. The third-order valence-corrected chi connectivity index (χ3v) is 3.33. The first-order chi connectivity index (χ1) is 8.02. The first kappa shape index (κ1) is 13.6. The van der Waals surface area contributed by atoms with Gasteiger partial charge in [0.2, 0.25) is 5.91 Å². The molecule has 1 aromatic rings. The number of allylic oxidation sites excluding steroid dienone is 1. The molecule has 0 fully saturated rings. The van der Waals surface area contributed by atoms with Gasteiger partial charge in [0.1, 0.15) is 0 Å². The molecule has 0 saturated heterocycles. The molecule has 0 heterocycles. The van der Waals surface area contributed by atoms with Crippen molar-refractivity contribution < 1.29 is 4.79 Å². The van der Waals surface area contributed by atoms with Crippen molar-refractivity contribution >= 4 is 17.7 Å². The highest BCUT2D eigenvalue weighted by molar-refractivity contribution is 8.03. The number of thioether (sulfide) groups is 1. The van der Waals surface area contributed by atoms with Gasteiger partial charge >= 0.3 is 0 Å². The van der Waals surface area contributed by atoms with Crippen molar-refractivity contribution in [2.75, 3.05) is 0 Å². The van der Waals surface area contributed by atoms with Crippen LogP contribution in [0.5, 0.6) is 0 Å². The zero-order valence-electron chi connectivity index (χ0n) is 10.2. The summed E-state index contributed by atoms with van der Waals surface area (Å²) < 4.78 is 0. The SMILES string of the molecule is CC/C=C(\N)Sc1cc(CC(N)=O)ccc1C. The molecule has 3 nitrogen and oxygen atoms in total. The fourth-order valence-electron chi connectivity index (χ4n) is 1.44. The van der Waals surface area contributed by atoms with Crippen molar-refractivity contribution in [2.45, 2.75) is 31.6 Å². The minimum Gasteiger partial charge on any atom is -0.394 e. The van der Waals surface area contributed by atoms with Crippen LogP contribution < -0.4 is 11.5 Å². The summed E-state index contributed by atoms with van der Waals surface area (Å²) in [6.07, 6.45) is 3.16. The highest BCUT2D eigenvalue weighted by Gasteiger charge is 2.04. The van der Waals surface area contributed by atoms with E-state index in [1.165, 1.54) is 11.8 Å². The van der Waals surface area contributed by atoms with Gasteiger partial charge in [-0.15, -0.1) is 0 Å². The highest BCUT2D eigenvalue weighted by atomic mass is 32.2. The Morgan fingerprint density at radius 2 is 2.12 bits per heavy atom. The number of benzene rings is 1. The molecule has 1 rings (SSSR count). The summed E-state index contributed by atoms with van der Waals surface area (Å²) >= 11 is 1.52. The van der Waals surface area contributed by atoms with Gasteiger partial charge in [-0.05, 0) is 30.5 Å². The standard InChI is InChI=1S/C13H18N2OS/c1-3-4-13(15)17-11-7-10(8-12(14)16)6-5-9(11)2/h4-7H,3,8,15H2,1-2H3,(H2,14,16)/b13-4+. The first-order valence-electron chi connectivity index (χ1n) is 5.54. The van der Waals surface area contributed by atoms with Crippen molar-refractivity contribution in [1.82, 2.24) is 0 Å². The number of rotatable bonds is 5. The largest absolute Gasteiger partial charge is 0.394 e. The third-order valence-electron chi connectivity index (χ3n) is 2.26. The molecule has 4 heteroatoms. The number of carbonyl (C=O) groups excluding carboxylic acids is 1. The lowest BCUT2D eigenvalue weighted by atomic mass is 10.1. The first-order valence-corrected chi connectivity index (χ1v) is 6.36. The van der Waals surface area contributed by atoms with Crippen molar-refractivity contribution in [1.29, 1.82) is 0 Å². The summed E-state index contributed by atoms with van der Waals surface area (Å²) in [4.78, 5) is 11.9. The zero-order chi connectivity index (χ0) is 12.8. The maximum Gasteiger partial charge on any atom is 0.221 e. The van der Waals surface area contributed by atoms with E-state index in [1.807, 2.05) is 38.1 Å². The van der Waals surface area contributed by atoms with Gasteiger partial charge in [0.05, 0.1) is 11.4 Å². The molecule has 4 N–H and O–H groups in total. The Bertz CT molecular complexity index is 441. The van der Waals surface area contributed by atoms with Crippen LogP contribution in [0.2, 0.25) is 0 Å². The van der Waals surface area contributed by atoms with Gasteiger partial charge in [0.15, 0.2) is 0 Å². The van der Waals surface area contributed by atoms with E-state index in [0.29, 0.717) is 0 Å². The molecule has 0 aliphatic carbocycles. The van der Waals surface area contributed by atoms with Gasteiger partial charge in [0, 0.05) is 4.90 Å². The number of hydrogen-bond acceptors (Lipinski definition) is 3. The Labute approximate surface area is 106 Å². The third kappa shape index (κ3) is 4.53. The second kappa shape index (κ2) is 6.35. The predicted octanol–water partition coefficient (Wildman–Crippen LogP) is 2.33. The summed E-state index contributed by atoms with van der Waals surface area (Å²) in [6, 6.07) is 5.88. The van der Waals surface area contributed by atoms with Crippen LogP contribution in [-0.4, -0.2) is 5.91 Å². The lowest BCUT2D eigenvalue weighted by Crippen LogP contribution is -2.13. The maximum atomic E-state index is 10.9. The van der Waals surface area contributed by atoms with E-state index < -0.39 is 0 Å². The number of hydrogen-bond donors (Lipinski definition) is 2. The molecule has 0 bridgehead atoms. The smallest absolute Gasteiger partial charge is 0.221 e. The topological polar surface area (TPSA) is 69.1 Å². The van der Waals surface area contributed by atoms with Crippen LogP contribution in [0, 0.1) is 6.92 Å². The minimum absolute atomic E-state index is 0.269. The fourth-order valence-corrected chi connectivity index (χ4v) is 2.38. The Kier molecular flexibility index (Phi) is 5.10. The maximum absolute atomic E-state index is 10.9. The van der Waals surface area contributed by atoms with E-state index in [1.54, 1.807) is 0 Å². The number of carbonyl (C=O) groups is 1. The number of nitrogens with two attached hydrogens (primary N) is 2. The molecule has 1 aromatic carbocycles. The van der Waals surface area contributed by atoms with Crippen LogP contribution >= 0.6 is 11.8 Å². The summed E-state index contributed by atoms with van der Waals surface area (Å²) in [5.74, 6) is -0.318. The lowest BCUT2D eigenvalue weighted by molar-refractivity contribution is -0.117. The van der Waals surface area contributed by atoms with E-state index in [4.69, 9.17) is 11.5 Å². The molecule has 92 valence electrons. The van der Waals surface area contributed by atoms with Crippen LogP contribution in [0.25, 0.3) is 0 Å². The van der Waals surface area contributed by atoms with Gasteiger partial charge in [-0.2, -0.15) is 0 Å². The molecule has 0 aliphatic rings. The summed E-state index contributed by atoms with van der Waals surface area (Å²) in [5, 5.41) is 0.784. The number of aryl methyl sites for hydroxylation is 1. The summed E-state index contributed by atoms with van der Waals surface area (Å²) in [5.41, 5.74) is 13.1. The molecule has 0 saturated carbocycles. The van der Waals surface area contributed by atoms with Crippen molar-refractivity contribution in [3.63, 3.8) is 0 Å². The summed E-state index contributed by atoms with van der Waals surface area (Å²) in [7, 11) is 0. The highest BCUT2D eigenvalue weighted by Crippen LogP contribution is 2.28. The van der Waals surface area contributed by atoms with Gasteiger partial charge in [-0.1, -0.05) is 36.9 Å². The van der Waals surface area contributed by atoms with E-state index in [-0.39, 0.29) is 12.3 Å². The van der Waals surface area contributed by atoms with Crippen molar-refractivity contribution in [2.24, 2.45) is 11.5 Å². The van der Waals surface area contributed by atoms with E-state index >= 15 is 0 Å². The van der Waals surface area contributed by atoms with Crippen molar-refractivity contribution in [3.8, 4) is 0 Å². The average molecular weight is 250 g/mol. The zero-order valence-corrected chi connectivity index (χ0v) is 11.0. The predicted molar refractivity (Wildman–Crippen MR) is 72.5 cm³/mol.